The van der Waals surface area contributed by atoms with Crippen LogP contribution in [0.4, 0.5) is 5.95 Å². The van der Waals surface area contributed by atoms with Gasteiger partial charge in [0.1, 0.15) is 0 Å². The van der Waals surface area contributed by atoms with Crippen molar-refractivity contribution < 1.29 is 18.0 Å². The van der Waals surface area contributed by atoms with E-state index in [-0.39, 0.29) is 35.1 Å². The number of rotatable bonds is 4. The molecule has 176 valence electrons. The first-order valence-corrected chi connectivity index (χ1v) is 13.2. The van der Waals surface area contributed by atoms with Crippen LogP contribution in [0.15, 0.2) is 47.4 Å². The normalized spacial score (nSPS) is 22.5. The van der Waals surface area contributed by atoms with Gasteiger partial charge in [0.25, 0.3) is 10.0 Å². The fourth-order valence-corrected chi connectivity index (χ4v) is 7.39. The van der Waals surface area contributed by atoms with Crippen LogP contribution in [0, 0.1) is 18.8 Å². The fourth-order valence-electron chi connectivity index (χ4n) is 5.70. The van der Waals surface area contributed by atoms with E-state index in [9.17, 15) is 18.0 Å². The Kier molecular flexibility index (Phi) is 4.81. The van der Waals surface area contributed by atoms with Gasteiger partial charge in [0, 0.05) is 6.54 Å². The molecule has 2 atom stereocenters. The molecule has 1 saturated heterocycles. The minimum Gasteiger partial charge on any atom is -0.307 e. The van der Waals surface area contributed by atoms with E-state index in [1.54, 1.807) is 25.1 Å². The van der Waals surface area contributed by atoms with Crippen molar-refractivity contribution in [2.45, 2.75) is 50.6 Å². The van der Waals surface area contributed by atoms with Crippen molar-refractivity contribution in [1.82, 2.24) is 14.5 Å². The lowest BCUT2D eigenvalue weighted by molar-refractivity contribution is -0.140. The smallest absolute Gasteiger partial charge is 0.266 e. The largest absolute Gasteiger partial charge is 0.307 e. The number of imide groups is 1. The van der Waals surface area contributed by atoms with Gasteiger partial charge in [-0.05, 0) is 49.1 Å². The maximum Gasteiger partial charge on any atom is 0.266 e. The van der Waals surface area contributed by atoms with E-state index >= 15 is 0 Å². The van der Waals surface area contributed by atoms with E-state index in [1.807, 2.05) is 28.8 Å². The summed E-state index contributed by atoms with van der Waals surface area (Å²) in [5, 5.41) is 0. The third-order valence-electron chi connectivity index (χ3n) is 7.48. The topological polar surface area (TPSA) is 92.6 Å². The van der Waals surface area contributed by atoms with Gasteiger partial charge >= 0.3 is 0 Å². The highest BCUT2D eigenvalue weighted by Crippen LogP contribution is 2.39. The molecule has 1 aromatic heterocycles. The van der Waals surface area contributed by atoms with Crippen LogP contribution in [0.3, 0.4) is 0 Å². The zero-order valence-corrected chi connectivity index (χ0v) is 19.8. The number of carbonyl (C=O) groups is 2. The Balaban J connectivity index is 1.33. The van der Waals surface area contributed by atoms with Gasteiger partial charge < -0.3 is 4.57 Å². The Bertz CT molecular complexity index is 1420. The van der Waals surface area contributed by atoms with Crippen LogP contribution in [0.25, 0.3) is 11.0 Å². The number of fused-ring (bicyclic) bond motifs is 4. The van der Waals surface area contributed by atoms with E-state index in [2.05, 4.69) is 4.98 Å². The van der Waals surface area contributed by atoms with Crippen LogP contribution < -0.4 is 4.31 Å². The number of amides is 2. The van der Waals surface area contributed by atoms with Gasteiger partial charge in [0.05, 0.1) is 40.9 Å². The van der Waals surface area contributed by atoms with E-state index in [1.165, 1.54) is 9.21 Å². The van der Waals surface area contributed by atoms with Crippen LogP contribution in [-0.2, 0) is 32.7 Å². The summed E-state index contributed by atoms with van der Waals surface area (Å²) in [6, 6.07) is 12.8. The molecule has 0 N–H and O–H groups in total. The number of para-hydroxylation sites is 2. The number of likely N-dealkylation sites (tertiary alicyclic amines) is 1. The molecule has 0 radical (unpaired) electrons. The molecule has 9 heteroatoms. The molecule has 3 heterocycles. The molecule has 3 aromatic rings. The number of hydrogen-bond donors (Lipinski definition) is 0. The van der Waals surface area contributed by atoms with Gasteiger partial charge in [-0.3, -0.25) is 14.5 Å². The Hall–Kier alpha value is -3.20. The van der Waals surface area contributed by atoms with Gasteiger partial charge in [-0.25, -0.2) is 17.7 Å². The lowest BCUT2D eigenvalue weighted by atomic mass is 9.81. The Morgan fingerprint density at radius 1 is 0.971 bits per heavy atom. The quantitative estimate of drug-likeness (QED) is 0.537. The van der Waals surface area contributed by atoms with Crippen molar-refractivity contribution in [1.29, 1.82) is 0 Å². The van der Waals surface area contributed by atoms with Gasteiger partial charge in [-0.15, -0.1) is 0 Å². The maximum atomic E-state index is 13.7. The van der Waals surface area contributed by atoms with E-state index in [0.717, 1.165) is 36.7 Å². The first kappa shape index (κ1) is 21.3. The van der Waals surface area contributed by atoms with Crippen molar-refractivity contribution >= 4 is 38.8 Å². The summed E-state index contributed by atoms with van der Waals surface area (Å²) in [6.45, 7) is 2.71. The zero-order chi connectivity index (χ0) is 23.6. The number of hydrogen-bond acceptors (Lipinski definition) is 5. The van der Waals surface area contributed by atoms with Crippen molar-refractivity contribution in [3.05, 3.63) is 53.6 Å². The highest BCUT2D eigenvalue weighted by atomic mass is 32.2. The molecule has 8 nitrogen and oxygen atoms in total. The number of anilines is 1. The highest BCUT2D eigenvalue weighted by molar-refractivity contribution is 7.92. The molecule has 2 fully saturated rings. The average molecular weight is 479 g/mol. The van der Waals surface area contributed by atoms with Gasteiger partial charge in [0.2, 0.25) is 17.8 Å². The Morgan fingerprint density at radius 3 is 2.41 bits per heavy atom. The first-order chi connectivity index (χ1) is 16.4. The summed E-state index contributed by atoms with van der Waals surface area (Å²) in [4.78, 5) is 31.9. The van der Waals surface area contributed by atoms with Gasteiger partial charge in [0.15, 0.2) is 0 Å². The molecule has 6 rings (SSSR count). The molecule has 0 spiro atoms. The number of imidazole rings is 1. The van der Waals surface area contributed by atoms with E-state index < -0.39 is 10.0 Å². The van der Waals surface area contributed by atoms with Crippen molar-refractivity contribution in [2.75, 3.05) is 10.8 Å². The summed E-state index contributed by atoms with van der Waals surface area (Å²) in [7, 11) is -3.87. The monoisotopic (exact) mass is 478 g/mol. The van der Waals surface area contributed by atoms with Crippen molar-refractivity contribution in [2.24, 2.45) is 11.8 Å². The summed E-state index contributed by atoms with van der Waals surface area (Å²) in [5.74, 6) is -0.249. The molecule has 1 saturated carbocycles. The van der Waals surface area contributed by atoms with E-state index in [4.69, 9.17) is 0 Å². The molecular weight excluding hydrogens is 452 g/mol. The highest BCUT2D eigenvalue weighted by Gasteiger charge is 2.48. The minimum atomic E-state index is -3.87. The molecule has 2 amide bonds. The molecule has 34 heavy (non-hydrogen) atoms. The number of nitrogens with zero attached hydrogens (tertiary/aromatic N) is 4. The molecule has 0 unspecified atom stereocenters. The molecule has 3 aliphatic rings. The van der Waals surface area contributed by atoms with E-state index in [0.29, 0.717) is 30.2 Å². The number of aryl methyl sites for hydroxylation is 1. The third-order valence-corrected chi connectivity index (χ3v) is 9.40. The maximum absolute atomic E-state index is 13.7. The molecular formula is C25H26N4O4S. The van der Waals surface area contributed by atoms with Gasteiger partial charge in [-0.1, -0.05) is 37.1 Å². The SMILES string of the molecule is Cc1ccc(CN2C(=O)[C@@H]3CCCC[C@H]3C2=O)cc1S(=O)(=O)N1CCn2c1nc1ccccc12. The second kappa shape index (κ2) is 7.66. The van der Waals surface area contributed by atoms with Crippen LogP contribution in [0.2, 0.25) is 0 Å². The predicted octanol–water partition coefficient (Wildman–Crippen LogP) is 3.23. The fraction of sp³-hybridized carbons (Fsp3) is 0.400. The number of carbonyl (C=O) groups excluding carboxylic acids is 2. The lowest BCUT2D eigenvalue weighted by Gasteiger charge is -2.20. The average Bonchev–Trinajstić information content (AvgIpc) is 3.48. The lowest BCUT2D eigenvalue weighted by Crippen LogP contribution is -2.32. The number of benzene rings is 2. The summed E-state index contributed by atoms with van der Waals surface area (Å²) < 4.78 is 30.8. The van der Waals surface area contributed by atoms with Gasteiger partial charge in [-0.2, -0.15) is 0 Å². The molecule has 2 aliphatic heterocycles. The standard InChI is InChI=1S/C25H26N4O4S/c1-16-10-11-17(15-28-23(30)18-6-2-3-7-19(18)24(28)31)14-22(16)34(32,33)29-13-12-27-21-9-5-4-8-20(21)26-25(27)29/h4-5,8-11,14,18-19H,2-3,6-7,12-13,15H2,1H3/t18-,19-/m1/s1. The first-order valence-electron chi connectivity index (χ1n) is 11.8. The zero-order valence-electron chi connectivity index (χ0n) is 19.0. The minimum absolute atomic E-state index is 0.103. The summed E-state index contributed by atoms with van der Waals surface area (Å²) in [6.07, 6.45) is 3.47. The van der Waals surface area contributed by atoms with Crippen molar-refractivity contribution in [3.8, 4) is 0 Å². The van der Waals surface area contributed by atoms with Crippen LogP contribution >= 0.6 is 0 Å². The summed E-state index contributed by atoms with van der Waals surface area (Å²) >= 11 is 0. The molecule has 0 bridgehead atoms. The second-order valence-corrected chi connectivity index (χ2v) is 11.3. The number of aromatic nitrogens is 2. The third kappa shape index (κ3) is 3.10. The van der Waals surface area contributed by atoms with Crippen LogP contribution in [0.1, 0.15) is 36.8 Å². The van der Waals surface area contributed by atoms with Crippen molar-refractivity contribution in [3.63, 3.8) is 0 Å². The van der Waals surface area contributed by atoms with Crippen LogP contribution in [0.5, 0.6) is 0 Å². The second-order valence-electron chi connectivity index (χ2n) is 9.49. The Labute approximate surface area is 198 Å². The van der Waals surface area contributed by atoms with Crippen LogP contribution in [-0.4, -0.2) is 41.2 Å². The summed E-state index contributed by atoms with van der Waals surface area (Å²) in [5.41, 5.74) is 2.92. The molecule has 2 aromatic carbocycles. The predicted molar refractivity (Wildman–Crippen MR) is 126 cm³/mol. The Morgan fingerprint density at radius 2 is 1.68 bits per heavy atom. The molecule has 1 aliphatic carbocycles. The number of sulfonamides is 1.